The maximum atomic E-state index is 12.0. The van der Waals surface area contributed by atoms with Crippen LogP contribution in [0.15, 0.2) is 36.4 Å². The molecule has 0 unspecified atom stereocenters. The van der Waals surface area contributed by atoms with Crippen LogP contribution in [-0.2, 0) is 15.1 Å². The van der Waals surface area contributed by atoms with E-state index in [1.54, 1.807) is 6.08 Å². The van der Waals surface area contributed by atoms with E-state index in [0.29, 0.717) is 0 Å². The van der Waals surface area contributed by atoms with Crippen molar-refractivity contribution in [3.05, 3.63) is 42.0 Å². The third-order valence-corrected chi connectivity index (χ3v) is 2.04. The third-order valence-electron chi connectivity index (χ3n) is 1.63. The minimum Gasteiger partial charge on any atom is -0.445 e. The van der Waals surface area contributed by atoms with Crippen LogP contribution in [0.25, 0.3) is 6.08 Å². The van der Waals surface area contributed by atoms with Gasteiger partial charge in [-0.05, 0) is 11.6 Å². The molecule has 0 saturated heterocycles. The molecule has 0 radical (unpaired) electrons. The third kappa shape index (κ3) is 6.31. The van der Waals surface area contributed by atoms with Gasteiger partial charge in [-0.15, -0.1) is 0 Å². The van der Waals surface area contributed by atoms with E-state index in [0.717, 1.165) is 10.3 Å². The summed E-state index contributed by atoms with van der Waals surface area (Å²) in [6.07, 6.45) is 1.82. The fraction of sp³-hybridized carbons (Fsp3) is 0.100. The van der Waals surface area contributed by atoms with E-state index in [1.165, 1.54) is 6.08 Å². The zero-order chi connectivity index (χ0) is 12.7. The molecule has 0 atom stereocenters. The summed E-state index contributed by atoms with van der Waals surface area (Å²) in [5.74, 6) is 0. The smallest absolute Gasteiger partial charge is 0.423 e. The molecule has 1 amide bonds. The molecule has 1 N–H and O–H groups in total. The molecular weight excluding hydrogens is 249 g/mol. The number of rotatable bonds is 4. The van der Waals surface area contributed by atoms with Crippen molar-refractivity contribution in [1.29, 1.82) is 0 Å². The van der Waals surface area contributed by atoms with Gasteiger partial charge in [0, 0.05) is 0 Å². The molecule has 0 aliphatic rings. The molecule has 92 valence electrons. The van der Waals surface area contributed by atoms with Crippen molar-refractivity contribution in [2.24, 2.45) is 0 Å². The van der Waals surface area contributed by atoms with Crippen molar-refractivity contribution in [2.75, 3.05) is 6.61 Å². The van der Waals surface area contributed by atoms with Gasteiger partial charge in [-0.2, -0.15) is 13.1 Å². The Bertz CT molecular complexity index is 498. The molecule has 0 aromatic heterocycles. The lowest BCUT2D eigenvalue weighted by atomic mass is 10.2. The maximum absolute atomic E-state index is 12.0. The van der Waals surface area contributed by atoms with Gasteiger partial charge in [0.2, 0.25) is 0 Å². The fourth-order valence-corrected chi connectivity index (χ4v) is 1.26. The molecular formula is C10H10FNO4S. The zero-order valence-corrected chi connectivity index (χ0v) is 9.48. The van der Waals surface area contributed by atoms with Crippen LogP contribution in [0.4, 0.5) is 8.68 Å². The molecule has 17 heavy (non-hydrogen) atoms. The van der Waals surface area contributed by atoms with E-state index in [9.17, 15) is 17.1 Å². The first kappa shape index (κ1) is 13.2. The van der Waals surface area contributed by atoms with Crippen molar-refractivity contribution >= 4 is 22.6 Å². The Labute approximate surface area is 98.2 Å². The van der Waals surface area contributed by atoms with Crippen LogP contribution in [0.5, 0.6) is 0 Å². The summed E-state index contributed by atoms with van der Waals surface area (Å²) < 4.78 is 37.4. The lowest BCUT2D eigenvalue weighted by Crippen LogP contribution is -2.27. The number of hydrogen-bond donors (Lipinski definition) is 1. The van der Waals surface area contributed by atoms with Gasteiger partial charge in [-0.1, -0.05) is 40.3 Å². The predicted molar refractivity (Wildman–Crippen MR) is 60.0 cm³/mol. The Kier molecular flexibility index (Phi) is 4.65. The van der Waals surface area contributed by atoms with E-state index in [2.05, 4.69) is 4.74 Å². The normalized spacial score (nSPS) is 11.4. The number of amides is 1. The highest BCUT2D eigenvalue weighted by Crippen LogP contribution is 2.00. The van der Waals surface area contributed by atoms with Crippen molar-refractivity contribution < 1.29 is 21.8 Å². The average Bonchev–Trinajstić information content (AvgIpc) is 2.23. The van der Waals surface area contributed by atoms with E-state index >= 15 is 0 Å². The largest absolute Gasteiger partial charge is 0.445 e. The van der Waals surface area contributed by atoms with Gasteiger partial charge >= 0.3 is 16.5 Å². The van der Waals surface area contributed by atoms with Crippen LogP contribution < -0.4 is 4.72 Å². The van der Waals surface area contributed by atoms with Crippen molar-refractivity contribution in [1.82, 2.24) is 4.72 Å². The molecule has 0 heterocycles. The molecule has 0 spiro atoms. The highest BCUT2D eigenvalue weighted by atomic mass is 32.3. The van der Waals surface area contributed by atoms with Gasteiger partial charge in [0.25, 0.3) is 0 Å². The van der Waals surface area contributed by atoms with Gasteiger partial charge in [0.05, 0.1) is 0 Å². The molecule has 0 aliphatic heterocycles. The van der Waals surface area contributed by atoms with Gasteiger partial charge in [-0.25, -0.2) is 4.79 Å². The number of hydrogen-bond acceptors (Lipinski definition) is 4. The number of ether oxygens (including phenoxy) is 1. The van der Waals surface area contributed by atoms with Gasteiger partial charge in [0.15, 0.2) is 0 Å². The second-order valence-corrected chi connectivity index (χ2v) is 4.03. The van der Waals surface area contributed by atoms with E-state index in [4.69, 9.17) is 0 Å². The van der Waals surface area contributed by atoms with E-state index < -0.39 is 16.5 Å². The fourth-order valence-electron chi connectivity index (χ4n) is 1.00. The standard InChI is InChI=1S/C10H10FNO4S/c11-17(14,15)12-10(13)16-8-4-7-9-5-2-1-3-6-9/h1-7H,8H2,(H,12,13). The second kappa shape index (κ2) is 6.00. The van der Waals surface area contributed by atoms with Gasteiger partial charge in [-0.3, -0.25) is 0 Å². The first-order valence-electron chi connectivity index (χ1n) is 4.58. The predicted octanol–water partition coefficient (Wildman–Crippen LogP) is 1.64. The molecule has 0 saturated carbocycles. The quantitative estimate of drug-likeness (QED) is 0.834. The topological polar surface area (TPSA) is 72.5 Å². The number of nitrogens with one attached hydrogen (secondary N) is 1. The van der Waals surface area contributed by atoms with Crippen LogP contribution in [0.3, 0.4) is 0 Å². The Balaban J connectivity index is 2.34. The summed E-state index contributed by atoms with van der Waals surface area (Å²) in [6.45, 7) is -0.157. The Hall–Kier alpha value is -1.89. The monoisotopic (exact) mass is 259 g/mol. The first-order valence-corrected chi connectivity index (χ1v) is 5.96. The lowest BCUT2D eigenvalue weighted by Gasteiger charge is -2.00. The van der Waals surface area contributed by atoms with Crippen LogP contribution in [0.2, 0.25) is 0 Å². The molecule has 0 fully saturated rings. The number of halogens is 1. The first-order chi connectivity index (χ1) is 7.97. The summed E-state index contributed by atoms with van der Waals surface area (Å²) in [5.41, 5.74) is 0.898. The molecule has 7 heteroatoms. The molecule has 0 aliphatic carbocycles. The highest BCUT2D eigenvalue weighted by Gasteiger charge is 2.11. The summed E-state index contributed by atoms with van der Waals surface area (Å²) in [7, 11) is -5.06. The SMILES string of the molecule is O=C(NS(=O)(=O)F)OCC=Cc1ccccc1. The minimum absolute atomic E-state index is 0.157. The minimum atomic E-state index is -5.06. The van der Waals surface area contributed by atoms with Crippen molar-refractivity contribution in [3.8, 4) is 0 Å². The van der Waals surface area contributed by atoms with Crippen LogP contribution in [-0.4, -0.2) is 21.1 Å². The molecule has 1 aromatic rings. The number of carbonyl (C=O) groups excluding carboxylic acids is 1. The summed E-state index contributed by atoms with van der Waals surface area (Å²) >= 11 is 0. The molecule has 5 nitrogen and oxygen atoms in total. The van der Waals surface area contributed by atoms with Crippen LogP contribution >= 0.6 is 0 Å². The lowest BCUT2D eigenvalue weighted by molar-refractivity contribution is 0.164. The second-order valence-electron chi connectivity index (χ2n) is 2.95. The Morgan fingerprint density at radius 3 is 2.59 bits per heavy atom. The van der Waals surface area contributed by atoms with Gasteiger partial charge < -0.3 is 4.74 Å². The number of benzene rings is 1. The van der Waals surface area contributed by atoms with Crippen LogP contribution in [0, 0.1) is 0 Å². The van der Waals surface area contributed by atoms with Crippen molar-refractivity contribution in [3.63, 3.8) is 0 Å². The highest BCUT2D eigenvalue weighted by molar-refractivity contribution is 7.84. The Morgan fingerprint density at radius 1 is 1.35 bits per heavy atom. The number of carbonyl (C=O) groups is 1. The molecule has 1 aromatic carbocycles. The van der Waals surface area contributed by atoms with Crippen LogP contribution in [0.1, 0.15) is 5.56 Å². The van der Waals surface area contributed by atoms with E-state index in [-0.39, 0.29) is 6.61 Å². The van der Waals surface area contributed by atoms with Gasteiger partial charge in [0.1, 0.15) is 6.61 Å². The Morgan fingerprint density at radius 2 is 2.00 bits per heavy atom. The summed E-state index contributed by atoms with van der Waals surface area (Å²) in [6, 6.07) is 9.20. The zero-order valence-electron chi connectivity index (χ0n) is 8.67. The summed E-state index contributed by atoms with van der Waals surface area (Å²) in [5, 5.41) is 0. The average molecular weight is 259 g/mol. The summed E-state index contributed by atoms with van der Waals surface area (Å²) in [4.78, 5) is 10.7. The maximum Gasteiger partial charge on any atom is 0.423 e. The molecule has 1 rings (SSSR count). The van der Waals surface area contributed by atoms with E-state index in [1.807, 2.05) is 30.3 Å². The molecule has 0 bridgehead atoms. The van der Waals surface area contributed by atoms with Crippen molar-refractivity contribution in [2.45, 2.75) is 0 Å².